The predicted molar refractivity (Wildman–Crippen MR) is 98.1 cm³/mol. The van der Waals surface area contributed by atoms with Gasteiger partial charge in [0.15, 0.2) is 0 Å². The molecule has 1 N–H and O–H groups in total. The Labute approximate surface area is 148 Å². The van der Waals surface area contributed by atoms with Crippen molar-refractivity contribution in [2.75, 3.05) is 0 Å². The molecule has 0 aromatic heterocycles. The van der Waals surface area contributed by atoms with Gasteiger partial charge in [0.1, 0.15) is 0 Å². The van der Waals surface area contributed by atoms with Gasteiger partial charge in [0.25, 0.3) is 0 Å². The van der Waals surface area contributed by atoms with Gasteiger partial charge in [-0.3, -0.25) is 0 Å². The van der Waals surface area contributed by atoms with E-state index in [0.29, 0.717) is 17.3 Å². The Balaban J connectivity index is 1.77. The molecule has 0 aromatic carbocycles. The third kappa shape index (κ3) is 2.08. The fraction of sp³-hybridized carbons (Fsp3) is 0.667. The van der Waals surface area contributed by atoms with Crippen LogP contribution in [-0.4, -0.2) is 11.2 Å². The SMILES string of the molecule is C[C@@]12C(=C=CCC1O)CC[C@@H]1C2=CC[C@]2(C)[C@@H](C=CBr)CC[C@@H]12. The van der Waals surface area contributed by atoms with E-state index >= 15 is 0 Å². The van der Waals surface area contributed by atoms with Crippen molar-refractivity contribution in [1.29, 1.82) is 0 Å². The van der Waals surface area contributed by atoms with Crippen LogP contribution in [0.2, 0.25) is 0 Å². The molecule has 2 fully saturated rings. The first-order chi connectivity index (χ1) is 11.0. The fourth-order valence-corrected chi connectivity index (χ4v) is 6.56. The van der Waals surface area contributed by atoms with Crippen molar-refractivity contribution in [3.05, 3.63) is 40.1 Å². The van der Waals surface area contributed by atoms with Crippen LogP contribution in [0.5, 0.6) is 0 Å². The van der Waals surface area contributed by atoms with Gasteiger partial charge in [0, 0.05) is 5.41 Å². The normalized spacial score (nSPS) is 48.5. The van der Waals surface area contributed by atoms with E-state index in [4.69, 9.17) is 0 Å². The quantitative estimate of drug-likeness (QED) is 0.473. The summed E-state index contributed by atoms with van der Waals surface area (Å²) in [5, 5.41) is 10.8. The minimum Gasteiger partial charge on any atom is -0.392 e. The lowest BCUT2D eigenvalue weighted by molar-refractivity contribution is 0.0385. The van der Waals surface area contributed by atoms with E-state index in [1.807, 2.05) is 6.08 Å². The lowest BCUT2D eigenvalue weighted by Crippen LogP contribution is -2.48. The lowest BCUT2D eigenvalue weighted by atomic mass is 9.51. The highest BCUT2D eigenvalue weighted by molar-refractivity contribution is 9.11. The van der Waals surface area contributed by atoms with Crippen LogP contribution in [0.15, 0.2) is 40.1 Å². The molecule has 2 saturated carbocycles. The van der Waals surface area contributed by atoms with Crippen molar-refractivity contribution >= 4 is 15.9 Å². The highest BCUT2D eigenvalue weighted by Gasteiger charge is 2.56. The summed E-state index contributed by atoms with van der Waals surface area (Å²) in [5.41, 5.74) is 6.62. The second-order valence-electron chi connectivity index (χ2n) is 8.40. The molecule has 0 amide bonds. The Bertz CT molecular complexity index is 638. The van der Waals surface area contributed by atoms with E-state index in [0.717, 1.165) is 25.2 Å². The van der Waals surface area contributed by atoms with Gasteiger partial charge in [0.05, 0.1) is 6.10 Å². The van der Waals surface area contributed by atoms with Crippen molar-refractivity contribution in [2.45, 2.75) is 58.5 Å². The smallest absolute Gasteiger partial charge is 0.0714 e. The van der Waals surface area contributed by atoms with Crippen molar-refractivity contribution in [3.63, 3.8) is 0 Å². The Morgan fingerprint density at radius 2 is 2.13 bits per heavy atom. The van der Waals surface area contributed by atoms with Crippen molar-refractivity contribution in [2.24, 2.45) is 28.6 Å². The summed E-state index contributed by atoms with van der Waals surface area (Å²) in [6.07, 6.45) is 13.6. The molecule has 23 heavy (non-hydrogen) atoms. The average molecular weight is 375 g/mol. The van der Waals surface area contributed by atoms with Gasteiger partial charge in [-0.15, -0.1) is 5.73 Å². The van der Waals surface area contributed by atoms with E-state index in [9.17, 15) is 5.11 Å². The van der Waals surface area contributed by atoms with Crippen LogP contribution in [-0.2, 0) is 0 Å². The van der Waals surface area contributed by atoms with Gasteiger partial charge in [-0.25, -0.2) is 0 Å². The molecule has 0 spiro atoms. The summed E-state index contributed by atoms with van der Waals surface area (Å²) in [6.45, 7) is 4.78. The van der Waals surface area contributed by atoms with Crippen molar-refractivity contribution in [3.8, 4) is 0 Å². The molecule has 124 valence electrons. The number of aliphatic hydroxyl groups excluding tert-OH is 1. The standard InChI is InChI=1S/C21H27BrO/c1-20-12-10-18-16(17(20)9-7-14(20)11-13-22)8-6-15-4-3-5-19(23)21(15,18)2/h3,10-11,13-14,16-17,19,23H,5-9,12H2,1-2H3/t14-,16+,17+,19?,20-,21+/m1/s1. The maximum absolute atomic E-state index is 10.8. The number of allylic oxidation sites excluding steroid dienone is 2. The Kier molecular flexibility index (Phi) is 3.80. The first-order valence-electron chi connectivity index (χ1n) is 9.12. The number of hydrogen-bond acceptors (Lipinski definition) is 1. The summed E-state index contributed by atoms with van der Waals surface area (Å²) in [5.74, 6) is 2.11. The number of halogens is 1. The molecular formula is C21H27BrO. The number of hydrogen-bond donors (Lipinski definition) is 1. The zero-order valence-corrected chi connectivity index (χ0v) is 15.8. The number of aliphatic hydroxyl groups is 1. The molecular weight excluding hydrogens is 348 g/mol. The Hall–Kier alpha value is -0.560. The first-order valence-corrected chi connectivity index (χ1v) is 10.0. The molecule has 4 aliphatic carbocycles. The lowest BCUT2D eigenvalue weighted by Gasteiger charge is -2.53. The molecule has 6 atom stereocenters. The van der Waals surface area contributed by atoms with Crippen LogP contribution in [0.1, 0.15) is 52.4 Å². The Morgan fingerprint density at radius 1 is 1.30 bits per heavy atom. The van der Waals surface area contributed by atoms with E-state index < -0.39 is 0 Å². The summed E-state index contributed by atoms with van der Waals surface area (Å²) in [6, 6.07) is 0. The van der Waals surface area contributed by atoms with Gasteiger partial charge >= 0.3 is 0 Å². The molecule has 2 heteroatoms. The summed E-state index contributed by atoms with van der Waals surface area (Å²) in [4.78, 5) is 2.06. The highest BCUT2D eigenvalue weighted by Crippen LogP contribution is 2.64. The Morgan fingerprint density at radius 3 is 2.91 bits per heavy atom. The maximum Gasteiger partial charge on any atom is 0.0714 e. The molecule has 4 rings (SSSR count). The van der Waals surface area contributed by atoms with Gasteiger partial charge in [-0.05, 0) is 85.3 Å². The average Bonchev–Trinajstić information content (AvgIpc) is 2.86. The zero-order chi connectivity index (χ0) is 16.2. The molecule has 0 aromatic rings. The first kappa shape index (κ1) is 15.9. The van der Waals surface area contributed by atoms with Gasteiger partial charge in [-0.1, -0.05) is 40.6 Å². The summed E-state index contributed by atoms with van der Waals surface area (Å²) < 4.78 is 0. The molecule has 1 unspecified atom stereocenters. The van der Waals surface area contributed by atoms with Crippen LogP contribution < -0.4 is 0 Å². The molecule has 1 nitrogen and oxygen atoms in total. The van der Waals surface area contributed by atoms with Gasteiger partial charge in [0.2, 0.25) is 0 Å². The van der Waals surface area contributed by atoms with E-state index in [-0.39, 0.29) is 11.5 Å². The van der Waals surface area contributed by atoms with Crippen LogP contribution in [0.4, 0.5) is 0 Å². The van der Waals surface area contributed by atoms with E-state index in [2.05, 4.69) is 52.6 Å². The van der Waals surface area contributed by atoms with Crippen molar-refractivity contribution in [1.82, 2.24) is 0 Å². The van der Waals surface area contributed by atoms with Crippen LogP contribution in [0.3, 0.4) is 0 Å². The van der Waals surface area contributed by atoms with Gasteiger partial charge in [-0.2, -0.15) is 0 Å². The second kappa shape index (κ2) is 5.48. The predicted octanol–water partition coefficient (Wildman–Crippen LogP) is 5.52. The van der Waals surface area contributed by atoms with Gasteiger partial charge < -0.3 is 5.11 Å². The summed E-state index contributed by atoms with van der Waals surface area (Å²) >= 11 is 3.49. The molecule has 0 saturated heterocycles. The molecule has 0 bridgehead atoms. The highest BCUT2D eigenvalue weighted by atomic mass is 79.9. The van der Waals surface area contributed by atoms with Crippen LogP contribution in [0.25, 0.3) is 0 Å². The van der Waals surface area contributed by atoms with Crippen LogP contribution in [0, 0.1) is 28.6 Å². The number of fused-ring (bicyclic) bond motifs is 5. The molecule has 4 aliphatic rings. The minimum atomic E-state index is -0.267. The van der Waals surface area contributed by atoms with E-state index in [1.165, 1.54) is 30.4 Å². The molecule has 0 aliphatic heterocycles. The van der Waals surface area contributed by atoms with Crippen molar-refractivity contribution < 1.29 is 5.11 Å². The third-order valence-electron chi connectivity index (χ3n) is 7.65. The maximum atomic E-state index is 10.8. The van der Waals surface area contributed by atoms with Crippen LogP contribution >= 0.6 is 15.9 Å². The second-order valence-corrected chi connectivity index (χ2v) is 8.93. The topological polar surface area (TPSA) is 20.2 Å². The third-order valence-corrected chi connectivity index (χ3v) is 7.96. The summed E-state index contributed by atoms with van der Waals surface area (Å²) in [7, 11) is 0. The number of rotatable bonds is 1. The zero-order valence-electron chi connectivity index (χ0n) is 14.2. The fourth-order valence-electron chi connectivity index (χ4n) is 6.19. The largest absolute Gasteiger partial charge is 0.392 e. The van der Waals surface area contributed by atoms with E-state index in [1.54, 1.807) is 0 Å². The molecule has 0 heterocycles. The molecule has 0 radical (unpaired) electrons. The minimum absolute atomic E-state index is 0.150. The monoisotopic (exact) mass is 374 g/mol.